The largest absolute Gasteiger partial charge is 0.453 e. The fourth-order valence-electron chi connectivity index (χ4n) is 2.46. The molecule has 2 N–H and O–H groups in total. The van der Waals surface area contributed by atoms with E-state index in [1.807, 2.05) is 0 Å². The molecule has 0 radical (unpaired) electrons. The molecule has 1 aliphatic heterocycles. The van der Waals surface area contributed by atoms with Crippen LogP contribution in [0.2, 0.25) is 0 Å². The Morgan fingerprint density at radius 3 is 2.43 bits per heavy atom. The van der Waals surface area contributed by atoms with Gasteiger partial charge in [-0.15, -0.1) is 0 Å². The lowest BCUT2D eigenvalue weighted by Gasteiger charge is -2.11. The normalized spacial score (nSPS) is 14.0. The van der Waals surface area contributed by atoms with Gasteiger partial charge in [-0.1, -0.05) is 0 Å². The van der Waals surface area contributed by atoms with Crippen molar-refractivity contribution in [3.63, 3.8) is 0 Å². The summed E-state index contributed by atoms with van der Waals surface area (Å²) >= 11 is 0. The third-order valence-electron chi connectivity index (χ3n) is 3.54. The Morgan fingerprint density at radius 2 is 1.91 bits per heavy atom. The Hall–Kier alpha value is -2.77. The monoisotopic (exact) mass is 319 g/mol. The second-order valence-corrected chi connectivity index (χ2v) is 5.27. The van der Waals surface area contributed by atoms with E-state index >= 15 is 0 Å². The molecule has 1 amide bonds. The molecule has 0 fully saturated rings. The zero-order chi connectivity index (χ0) is 17.1. The Kier molecular flexibility index (Phi) is 4.73. The highest BCUT2D eigenvalue weighted by atomic mass is 16.5. The van der Waals surface area contributed by atoms with Gasteiger partial charge in [-0.05, 0) is 26.3 Å². The number of ether oxygens (including phenoxy) is 1. The number of aromatic amines is 1. The summed E-state index contributed by atoms with van der Waals surface area (Å²) in [4.78, 5) is 49.3. The molecule has 122 valence electrons. The number of esters is 1. The van der Waals surface area contributed by atoms with Gasteiger partial charge in [0.05, 0.1) is 5.69 Å². The van der Waals surface area contributed by atoms with Crippen molar-refractivity contribution in [3.05, 3.63) is 22.5 Å². The van der Waals surface area contributed by atoms with Crippen molar-refractivity contribution in [2.24, 2.45) is 5.10 Å². The molecule has 0 aliphatic carbocycles. The van der Waals surface area contributed by atoms with Crippen LogP contribution in [0.25, 0.3) is 0 Å². The minimum Gasteiger partial charge on any atom is -0.453 e. The first-order valence-electron chi connectivity index (χ1n) is 7.07. The first kappa shape index (κ1) is 16.6. The van der Waals surface area contributed by atoms with Crippen LogP contribution in [0.3, 0.4) is 0 Å². The number of nitrogens with zero attached hydrogens (tertiary/aromatic N) is 1. The number of nitrogens with one attached hydrogen (secondary N) is 2. The van der Waals surface area contributed by atoms with Gasteiger partial charge in [0.25, 0.3) is 0 Å². The number of rotatable bonds is 5. The third-order valence-corrected chi connectivity index (χ3v) is 3.54. The van der Waals surface area contributed by atoms with Crippen LogP contribution < -0.4 is 5.43 Å². The van der Waals surface area contributed by atoms with Crippen LogP contribution >= 0.6 is 0 Å². The fraction of sp³-hybridized carbons (Fsp3) is 0.400. The van der Waals surface area contributed by atoms with Gasteiger partial charge in [0, 0.05) is 24.1 Å². The molecule has 2 rings (SSSR count). The van der Waals surface area contributed by atoms with Gasteiger partial charge in [-0.25, -0.2) is 10.2 Å². The maximum atomic E-state index is 12.2. The molecular formula is C15H17N3O5. The molecule has 2 heterocycles. The van der Waals surface area contributed by atoms with Crippen LogP contribution in [-0.4, -0.2) is 40.7 Å². The first-order chi connectivity index (χ1) is 10.8. The van der Waals surface area contributed by atoms with Gasteiger partial charge in [-0.2, -0.15) is 5.10 Å². The molecule has 0 spiro atoms. The van der Waals surface area contributed by atoms with Crippen LogP contribution in [0.1, 0.15) is 51.9 Å². The van der Waals surface area contributed by atoms with E-state index in [9.17, 15) is 19.2 Å². The summed E-state index contributed by atoms with van der Waals surface area (Å²) < 4.78 is 4.92. The maximum absolute atomic E-state index is 12.2. The van der Waals surface area contributed by atoms with Crippen LogP contribution in [0, 0.1) is 13.8 Å². The van der Waals surface area contributed by atoms with Gasteiger partial charge in [-0.3, -0.25) is 14.4 Å². The topological polar surface area (TPSA) is 118 Å². The summed E-state index contributed by atoms with van der Waals surface area (Å²) in [7, 11) is 0. The molecule has 0 saturated heterocycles. The maximum Gasteiger partial charge on any atom is 0.354 e. The number of hydrogen-bond acceptors (Lipinski definition) is 6. The summed E-state index contributed by atoms with van der Waals surface area (Å²) in [6.07, 6.45) is 0.326. The average molecular weight is 319 g/mol. The molecule has 1 aromatic heterocycles. The molecule has 0 bridgehead atoms. The lowest BCUT2D eigenvalue weighted by molar-refractivity contribution is -0.134. The molecule has 1 aliphatic rings. The quantitative estimate of drug-likeness (QED) is 0.615. The van der Waals surface area contributed by atoms with Gasteiger partial charge in [0.1, 0.15) is 5.71 Å². The van der Waals surface area contributed by atoms with Gasteiger partial charge in [0.2, 0.25) is 11.7 Å². The van der Waals surface area contributed by atoms with Gasteiger partial charge in [0.15, 0.2) is 12.4 Å². The minimum atomic E-state index is -0.744. The summed E-state index contributed by atoms with van der Waals surface area (Å²) in [5.74, 6) is -1.59. The van der Waals surface area contributed by atoms with E-state index in [1.54, 1.807) is 13.8 Å². The smallest absolute Gasteiger partial charge is 0.354 e. The highest BCUT2D eigenvalue weighted by molar-refractivity contribution is 6.37. The Morgan fingerprint density at radius 1 is 1.22 bits per heavy atom. The Balaban J connectivity index is 2.03. The zero-order valence-corrected chi connectivity index (χ0v) is 13.1. The van der Waals surface area contributed by atoms with Crippen molar-refractivity contribution < 1.29 is 23.9 Å². The number of carbonyl (C=O) groups is 4. The minimum absolute atomic E-state index is 0.0706. The van der Waals surface area contributed by atoms with Gasteiger partial charge < -0.3 is 9.72 Å². The molecule has 0 aromatic carbocycles. The number of ketones is 2. The van der Waals surface area contributed by atoms with Crippen LogP contribution in [-0.2, 0) is 14.3 Å². The average Bonchev–Trinajstić information content (AvgIpc) is 2.80. The number of aryl methyl sites for hydroxylation is 1. The number of carbonyl (C=O) groups excluding carboxylic acids is 4. The van der Waals surface area contributed by atoms with E-state index in [2.05, 4.69) is 15.5 Å². The van der Waals surface area contributed by atoms with Crippen molar-refractivity contribution in [1.82, 2.24) is 10.4 Å². The van der Waals surface area contributed by atoms with Crippen molar-refractivity contribution in [2.45, 2.75) is 33.6 Å². The molecule has 0 atom stereocenters. The predicted molar refractivity (Wildman–Crippen MR) is 80.4 cm³/mol. The second kappa shape index (κ2) is 6.55. The van der Waals surface area contributed by atoms with Crippen molar-refractivity contribution in [1.29, 1.82) is 0 Å². The van der Waals surface area contributed by atoms with Crippen LogP contribution in [0.15, 0.2) is 5.10 Å². The van der Waals surface area contributed by atoms with Crippen molar-refractivity contribution in [2.75, 3.05) is 6.61 Å². The summed E-state index contributed by atoms with van der Waals surface area (Å²) in [6.45, 7) is 4.32. The molecular weight excluding hydrogens is 302 g/mol. The fourth-order valence-corrected chi connectivity index (χ4v) is 2.46. The number of aromatic nitrogens is 1. The van der Waals surface area contributed by atoms with E-state index < -0.39 is 18.4 Å². The van der Waals surface area contributed by atoms with E-state index in [1.165, 1.54) is 6.92 Å². The Labute approximate surface area is 132 Å². The highest BCUT2D eigenvalue weighted by Gasteiger charge is 2.23. The van der Waals surface area contributed by atoms with E-state index in [4.69, 9.17) is 4.74 Å². The predicted octanol–water partition coefficient (Wildman–Crippen LogP) is 0.826. The van der Waals surface area contributed by atoms with Gasteiger partial charge >= 0.3 is 5.97 Å². The number of hydrazone groups is 1. The van der Waals surface area contributed by atoms with Crippen LogP contribution in [0.5, 0.6) is 0 Å². The van der Waals surface area contributed by atoms with E-state index in [0.29, 0.717) is 16.8 Å². The summed E-state index contributed by atoms with van der Waals surface area (Å²) in [5, 5.41) is 3.60. The first-order valence-corrected chi connectivity index (χ1v) is 7.07. The highest BCUT2D eigenvalue weighted by Crippen LogP contribution is 2.19. The molecule has 0 unspecified atom stereocenters. The van der Waals surface area contributed by atoms with Crippen LogP contribution in [0.4, 0.5) is 0 Å². The standard InChI is InChI=1S/C15H17N3O5/c1-7-13(9(3)19)8(2)16-14(7)11(20)6-23-15(22)10-4-5-12(21)18-17-10/h16H,4-6H2,1-3H3,(H,18,21). The van der Waals surface area contributed by atoms with E-state index in [0.717, 1.165) is 0 Å². The molecule has 0 saturated carbocycles. The molecule has 8 nitrogen and oxygen atoms in total. The number of Topliss-reactive ketones (excluding diaryl/α,β-unsaturated/α-hetero) is 2. The Bertz CT molecular complexity index is 730. The van der Waals surface area contributed by atoms with Crippen molar-refractivity contribution in [3.8, 4) is 0 Å². The summed E-state index contributed by atoms with van der Waals surface area (Å²) in [5.41, 5.74) is 4.12. The lowest BCUT2D eigenvalue weighted by atomic mass is 10.1. The molecule has 23 heavy (non-hydrogen) atoms. The number of amides is 1. The zero-order valence-electron chi connectivity index (χ0n) is 13.1. The number of H-pyrrole nitrogens is 1. The molecule has 8 heteroatoms. The third kappa shape index (κ3) is 3.53. The summed E-state index contributed by atoms with van der Waals surface area (Å²) in [6, 6.07) is 0. The SMILES string of the molecule is CC(=O)c1c(C)[nH]c(C(=O)COC(=O)C2=NNC(=O)CC2)c1C. The molecule has 1 aromatic rings. The number of hydrogen-bond donors (Lipinski definition) is 2. The lowest BCUT2D eigenvalue weighted by Crippen LogP contribution is -2.31. The van der Waals surface area contributed by atoms with Crippen molar-refractivity contribution >= 4 is 29.2 Å². The van der Waals surface area contributed by atoms with E-state index in [-0.39, 0.29) is 35.9 Å². The second-order valence-electron chi connectivity index (χ2n) is 5.27.